The van der Waals surface area contributed by atoms with Gasteiger partial charge in [-0.05, 0) is 31.4 Å². The van der Waals surface area contributed by atoms with Gasteiger partial charge in [-0.3, -0.25) is 4.79 Å². The molecule has 0 aliphatic carbocycles. The van der Waals surface area contributed by atoms with Gasteiger partial charge in [0.1, 0.15) is 17.1 Å². The summed E-state index contributed by atoms with van der Waals surface area (Å²) in [6.45, 7) is 0.603. The Morgan fingerprint density at radius 1 is 1.39 bits per heavy atom. The first-order valence-electron chi connectivity index (χ1n) is 5.92. The lowest BCUT2D eigenvalue weighted by Gasteiger charge is -2.09. The molecule has 2 N–H and O–H groups in total. The van der Waals surface area contributed by atoms with Gasteiger partial charge >= 0.3 is 0 Å². The number of amides is 1. The monoisotopic (exact) mass is 255 g/mol. The van der Waals surface area contributed by atoms with Crippen LogP contribution in [0.2, 0.25) is 0 Å². The minimum atomic E-state index is -0.595. The Morgan fingerprint density at radius 3 is 2.83 bits per heavy atom. The maximum Gasteiger partial charge on any atom is 0.258 e. The van der Waals surface area contributed by atoms with Crippen LogP contribution in [0.25, 0.3) is 0 Å². The fourth-order valence-electron chi connectivity index (χ4n) is 1.60. The Kier molecular flexibility index (Phi) is 6.14. The molecule has 0 aromatic heterocycles. The molecule has 0 aliphatic heterocycles. The molecule has 0 unspecified atom stereocenters. The number of nitrogens with one attached hydrogen (secondary N) is 1. The minimum absolute atomic E-state index is 0.0674. The van der Waals surface area contributed by atoms with Crippen molar-refractivity contribution in [3.63, 3.8) is 0 Å². The Hall–Kier alpha value is -1.62. The van der Waals surface area contributed by atoms with Crippen molar-refractivity contribution >= 4 is 5.91 Å². The second kappa shape index (κ2) is 7.66. The highest BCUT2D eigenvalue weighted by Crippen LogP contribution is 2.20. The summed E-state index contributed by atoms with van der Waals surface area (Å²) in [6, 6.07) is 4.26. The fraction of sp³-hybridized carbons (Fsp3) is 0.462. The van der Waals surface area contributed by atoms with E-state index in [1.165, 1.54) is 19.2 Å². The van der Waals surface area contributed by atoms with Gasteiger partial charge in [0, 0.05) is 13.2 Å². The van der Waals surface area contributed by atoms with Crippen LogP contribution in [0.4, 0.5) is 4.39 Å². The molecule has 100 valence electrons. The molecular weight excluding hydrogens is 237 g/mol. The first kappa shape index (κ1) is 14.4. The second-order valence-corrected chi connectivity index (χ2v) is 3.86. The highest BCUT2D eigenvalue weighted by molar-refractivity contribution is 5.97. The van der Waals surface area contributed by atoms with E-state index in [0.29, 0.717) is 13.0 Å². The van der Waals surface area contributed by atoms with E-state index in [9.17, 15) is 9.18 Å². The summed E-state index contributed by atoms with van der Waals surface area (Å²) >= 11 is 0. The number of hydrogen-bond donors (Lipinski definition) is 2. The van der Waals surface area contributed by atoms with Crippen LogP contribution < -0.4 is 10.1 Å². The lowest BCUT2D eigenvalue weighted by atomic mass is 10.1. The molecule has 18 heavy (non-hydrogen) atoms. The zero-order valence-corrected chi connectivity index (χ0v) is 10.4. The summed E-state index contributed by atoms with van der Waals surface area (Å²) in [4.78, 5) is 11.8. The second-order valence-electron chi connectivity index (χ2n) is 3.86. The van der Waals surface area contributed by atoms with Crippen molar-refractivity contribution in [2.75, 3.05) is 20.3 Å². The van der Waals surface area contributed by atoms with E-state index >= 15 is 0 Å². The Labute approximate surface area is 106 Å². The van der Waals surface area contributed by atoms with Gasteiger partial charge in [0.25, 0.3) is 5.91 Å². The molecular formula is C13H18FNO3. The standard InChI is InChI=1S/C13H18FNO3/c1-18-11-7-5-6-10(14)12(11)13(17)15-8-3-2-4-9-16/h5-7,16H,2-4,8-9H2,1H3,(H,15,17). The van der Waals surface area contributed by atoms with Gasteiger partial charge < -0.3 is 15.2 Å². The third-order valence-corrected chi connectivity index (χ3v) is 2.54. The summed E-state index contributed by atoms with van der Waals surface area (Å²) in [5.74, 6) is -0.848. The van der Waals surface area contributed by atoms with Crippen molar-refractivity contribution in [2.24, 2.45) is 0 Å². The average Bonchev–Trinajstić information content (AvgIpc) is 2.37. The van der Waals surface area contributed by atoms with Crippen molar-refractivity contribution in [1.82, 2.24) is 5.32 Å². The maximum atomic E-state index is 13.5. The lowest BCUT2D eigenvalue weighted by Crippen LogP contribution is -2.26. The summed E-state index contributed by atoms with van der Waals surface area (Å²) < 4.78 is 18.5. The lowest BCUT2D eigenvalue weighted by molar-refractivity contribution is 0.0945. The number of unbranched alkanes of at least 4 members (excludes halogenated alkanes) is 2. The van der Waals surface area contributed by atoms with E-state index in [4.69, 9.17) is 9.84 Å². The number of carbonyl (C=O) groups excluding carboxylic acids is 1. The summed E-state index contributed by atoms with van der Waals surface area (Å²) in [5.41, 5.74) is -0.0674. The number of rotatable bonds is 7. The Morgan fingerprint density at radius 2 is 2.17 bits per heavy atom. The molecule has 1 amide bonds. The van der Waals surface area contributed by atoms with Crippen LogP contribution in [-0.4, -0.2) is 31.3 Å². The van der Waals surface area contributed by atoms with E-state index in [0.717, 1.165) is 12.8 Å². The van der Waals surface area contributed by atoms with Crippen LogP contribution in [0.3, 0.4) is 0 Å². The third-order valence-electron chi connectivity index (χ3n) is 2.54. The van der Waals surface area contributed by atoms with Gasteiger partial charge in [-0.15, -0.1) is 0 Å². The van der Waals surface area contributed by atoms with Gasteiger partial charge in [0.15, 0.2) is 0 Å². The molecule has 0 radical (unpaired) electrons. The summed E-state index contributed by atoms with van der Waals surface area (Å²) in [5, 5.41) is 11.2. The van der Waals surface area contributed by atoms with Gasteiger partial charge in [0.05, 0.1) is 7.11 Å². The van der Waals surface area contributed by atoms with E-state index in [-0.39, 0.29) is 17.9 Å². The topological polar surface area (TPSA) is 58.6 Å². The third kappa shape index (κ3) is 4.00. The molecule has 5 heteroatoms. The molecule has 0 fully saturated rings. The number of ether oxygens (including phenoxy) is 1. The van der Waals surface area contributed by atoms with Crippen LogP contribution in [0.1, 0.15) is 29.6 Å². The first-order chi connectivity index (χ1) is 8.70. The number of carbonyl (C=O) groups is 1. The molecule has 0 aliphatic rings. The highest BCUT2D eigenvalue weighted by atomic mass is 19.1. The zero-order valence-electron chi connectivity index (χ0n) is 10.4. The first-order valence-corrected chi connectivity index (χ1v) is 5.92. The largest absolute Gasteiger partial charge is 0.496 e. The van der Waals surface area contributed by atoms with Crippen molar-refractivity contribution in [1.29, 1.82) is 0 Å². The van der Waals surface area contributed by atoms with E-state index in [2.05, 4.69) is 5.32 Å². The Balaban J connectivity index is 2.56. The van der Waals surface area contributed by atoms with Gasteiger partial charge in [-0.25, -0.2) is 4.39 Å². The van der Waals surface area contributed by atoms with E-state index in [1.54, 1.807) is 6.07 Å². The van der Waals surface area contributed by atoms with Gasteiger partial charge in [0.2, 0.25) is 0 Å². The molecule has 0 saturated heterocycles. The SMILES string of the molecule is COc1cccc(F)c1C(=O)NCCCCCO. The molecule has 0 atom stereocenters. The molecule has 1 aromatic rings. The van der Waals surface area contributed by atoms with Crippen LogP contribution in [-0.2, 0) is 0 Å². The number of aliphatic hydroxyl groups excluding tert-OH is 1. The molecule has 0 spiro atoms. The van der Waals surface area contributed by atoms with Crippen LogP contribution in [0, 0.1) is 5.82 Å². The van der Waals surface area contributed by atoms with Crippen molar-refractivity contribution in [3.05, 3.63) is 29.6 Å². The van der Waals surface area contributed by atoms with Crippen LogP contribution >= 0.6 is 0 Å². The molecule has 4 nitrogen and oxygen atoms in total. The molecule has 1 rings (SSSR count). The predicted octanol–water partition coefficient (Wildman–Crippen LogP) is 1.73. The normalized spacial score (nSPS) is 10.2. The Bertz CT molecular complexity index is 396. The van der Waals surface area contributed by atoms with Crippen molar-refractivity contribution in [3.8, 4) is 5.75 Å². The number of aliphatic hydroxyl groups is 1. The van der Waals surface area contributed by atoms with Crippen LogP contribution in [0.5, 0.6) is 5.75 Å². The fourth-order valence-corrected chi connectivity index (χ4v) is 1.60. The zero-order chi connectivity index (χ0) is 13.4. The predicted molar refractivity (Wildman–Crippen MR) is 66.2 cm³/mol. The molecule has 0 heterocycles. The smallest absolute Gasteiger partial charge is 0.258 e. The highest BCUT2D eigenvalue weighted by Gasteiger charge is 2.16. The number of hydrogen-bond acceptors (Lipinski definition) is 3. The van der Waals surface area contributed by atoms with E-state index < -0.39 is 11.7 Å². The van der Waals surface area contributed by atoms with Gasteiger partial charge in [-0.1, -0.05) is 6.07 Å². The quantitative estimate of drug-likeness (QED) is 0.729. The average molecular weight is 255 g/mol. The number of benzene rings is 1. The number of halogens is 1. The minimum Gasteiger partial charge on any atom is -0.496 e. The molecule has 0 saturated carbocycles. The molecule has 0 bridgehead atoms. The van der Waals surface area contributed by atoms with Crippen molar-refractivity contribution in [2.45, 2.75) is 19.3 Å². The van der Waals surface area contributed by atoms with Crippen LogP contribution in [0.15, 0.2) is 18.2 Å². The summed E-state index contributed by atoms with van der Waals surface area (Å²) in [7, 11) is 1.40. The maximum absolute atomic E-state index is 13.5. The summed E-state index contributed by atoms with van der Waals surface area (Å²) in [6.07, 6.45) is 2.28. The molecule has 1 aromatic carbocycles. The van der Waals surface area contributed by atoms with Crippen molar-refractivity contribution < 1.29 is 19.0 Å². The van der Waals surface area contributed by atoms with E-state index in [1.807, 2.05) is 0 Å². The number of methoxy groups -OCH3 is 1. The van der Waals surface area contributed by atoms with Gasteiger partial charge in [-0.2, -0.15) is 0 Å².